The molecule has 0 aromatic carbocycles. The molecule has 10 heteroatoms. The molecule has 1 aliphatic rings. The Kier molecular flexibility index (Phi) is 9.22. The summed E-state index contributed by atoms with van der Waals surface area (Å²) in [5.74, 6) is -2.89. The first-order chi connectivity index (χ1) is 13.0. The molecule has 4 unspecified atom stereocenters. The van der Waals surface area contributed by atoms with Gasteiger partial charge in [-0.25, -0.2) is 4.79 Å². The van der Waals surface area contributed by atoms with Crippen molar-refractivity contribution in [1.29, 1.82) is 0 Å². The molecule has 9 nitrogen and oxygen atoms in total. The minimum Gasteiger partial charge on any atom is -0.480 e. The average Bonchev–Trinajstić information content (AvgIpc) is 3.11. The Morgan fingerprint density at radius 3 is 2.14 bits per heavy atom. The Morgan fingerprint density at radius 2 is 1.68 bits per heavy atom. The van der Waals surface area contributed by atoms with Crippen LogP contribution in [0.15, 0.2) is 0 Å². The van der Waals surface area contributed by atoms with Crippen LogP contribution >= 0.6 is 12.6 Å². The number of rotatable bonds is 9. The van der Waals surface area contributed by atoms with Gasteiger partial charge < -0.3 is 26.4 Å². The molecule has 0 aromatic rings. The topological polar surface area (TPSA) is 142 Å². The lowest BCUT2D eigenvalue weighted by Crippen LogP contribution is -2.58. The van der Waals surface area contributed by atoms with E-state index in [-0.39, 0.29) is 23.5 Å². The molecule has 0 radical (unpaired) electrons. The maximum atomic E-state index is 12.8. The first kappa shape index (κ1) is 24.2. The molecule has 5 N–H and O–H groups in total. The Morgan fingerprint density at radius 1 is 1.11 bits per heavy atom. The van der Waals surface area contributed by atoms with E-state index in [1.54, 1.807) is 27.7 Å². The monoisotopic (exact) mass is 416 g/mol. The number of carbonyl (C=O) groups excluding carboxylic acids is 3. The maximum Gasteiger partial charge on any atom is 0.326 e. The van der Waals surface area contributed by atoms with Gasteiger partial charge in [0, 0.05) is 12.3 Å². The van der Waals surface area contributed by atoms with Gasteiger partial charge in [0.1, 0.15) is 18.1 Å². The summed E-state index contributed by atoms with van der Waals surface area (Å²) in [6.07, 6.45) is 1.14. The van der Waals surface area contributed by atoms with E-state index < -0.39 is 42.0 Å². The van der Waals surface area contributed by atoms with Crippen LogP contribution in [0.4, 0.5) is 0 Å². The van der Waals surface area contributed by atoms with E-state index in [2.05, 4.69) is 23.3 Å². The number of carboxylic acid groups (broad SMARTS) is 1. The van der Waals surface area contributed by atoms with Crippen molar-refractivity contribution in [2.24, 2.45) is 17.6 Å². The van der Waals surface area contributed by atoms with E-state index in [1.165, 1.54) is 4.90 Å². The smallest absolute Gasteiger partial charge is 0.326 e. The number of aliphatic carboxylic acids is 1. The Balaban J connectivity index is 2.88. The molecule has 1 saturated heterocycles. The third-order valence-electron chi connectivity index (χ3n) is 4.83. The Labute approximate surface area is 171 Å². The number of likely N-dealkylation sites (tertiary alicyclic amines) is 1. The quantitative estimate of drug-likeness (QED) is 0.324. The number of carboxylic acids is 1. The summed E-state index contributed by atoms with van der Waals surface area (Å²) in [6.45, 7) is 7.31. The van der Waals surface area contributed by atoms with Gasteiger partial charge in [0.15, 0.2) is 0 Å². The zero-order valence-electron chi connectivity index (χ0n) is 16.8. The van der Waals surface area contributed by atoms with Gasteiger partial charge in [-0.2, -0.15) is 12.6 Å². The molecule has 1 fully saturated rings. The van der Waals surface area contributed by atoms with Crippen molar-refractivity contribution in [1.82, 2.24) is 15.5 Å². The van der Waals surface area contributed by atoms with Crippen LogP contribution in [0.2, 0.25) is 0 Å². The highest BCUT2D eigenvalue weighted by molar-refractivity contribution is 7.80. The fourth-order valence-electron chi connectivity index (χ4n) is 3.14. The largest absolute Gasteiger partial charge is 0.480 e. The van der Waals surface area contributed by atoms with Crippen LogP contribution in [-0.4, -0.2) is 70.2 Å². The number of nitrogens with two attached hydrogens (primary N) is 1. The number of hydrogen-bond acceptors (Lipinski definition) is 6. The van der Waals surface area contributed by atoms with E-state index in [0.29, 0.717) is 19.4 Å². The number of thiol groups is 1. The summed E-state index contributed by atoms with van der Waals surface area (Å²) in [5.41, 5.74) is 5.75. The van der Waals surface area contributed by atoms with Crippen LogP contribution in [0.1, 0.15) is 40.5 Å². The van der Waals surface area contributed by atoms with Gasteiger partial charge in [-0.05, 0) is 24.7 Å². The summed E-state index contributed by atoms with van der Waals surface area (Å²) in [6, 6.07) is -3.45. The Bertz CT molecular complexity index is 599. The van der Waals surface area contributed by atoms with Gasteiger partial charge in [-0.3, -0.25) is 14.4 Å². The van der Waals surface area contributed by atoms with Crippen molar-refractivity contribution in [3.05, 3.63) is 0 Å². The number of nitrogens with zero attached hydrogens (tertiary/aromatic N) is 1. The summed E-state index contributed by atoms with van der Waals surface area (Å²) >= 11 is 4.03. The standard InChI is InChI=1S/C18H32N4O5S/c1-9(2)13(16(24)21-14(10(3)4)18(26)27)20-15(23)12-6-5-7-22(12)17(25)11(19)8-28/h9-14,28H,5-8,19H2,1-4H3,(H,20,23)(H,21,24)(H,26,27). The van der Waals surface area contributed by atoms with Crippen molar-refractivity contribution in [2.45, 2.75) is 64.7 Å². The van der Waals surface area contributed by atoms with Gasteiger partial charge in [-0.1, -0.05) is 27.7 Å². The molecule has 0 spiro atoms. The van der Waals surface area contributed by atoms with E-state index >= 15 is 0 Å². The van der Waals surface area contributed by atoms with Gasteiger partial charge in [0.05, 0.1) is 6.04 Å². The molecule has 0 saturated carbocycles. The molecule has 0 aromatic heterocycles. The minimum absolute atomic E-state index is 0.173. The minimum atomic E-state index is -1.13. The van der Waals surface area contributed by atoms with Crippen LogP contribution in [0.25, 0.3) is 0 Å². The second kappa shape index (κ2) is 10.7. The van der Waals surface area contributed by atoms with Crippen LogP contribution < -0.4 is 16.4 Å². The van der Waals surface area contributed by atoms with Crippen molar-refractivity contribution in [2.75, 3.05) is 12.3 Å². The number of carbonyl (C=O) groups is 4. The van der Waals surface area contributed by atoms with Crippen LogP contribution in [-0.2, 0) is 19.2 Å². The molecule has 4 atom stereocenters. The van der Waals surface area contributed by atoms with Gasteiger partial charge in [0.25, 0.3) is 0 Å². The second-order valence-corrected chi connectivity index (χ2v) is 8.14. The third kappa shape index (κ3) is 6.10. The molecular formula is C18H32N4O5S. The van der Waals surface area contributed by atoms with Crippen LogP contribution in [0.3, 0.4) is 0 Å². The predicted octanol–water partition coefficient (Wildman–Crippen LogP) is -0.399. The molecule has 1 heterocycles. The summed E-state index contributed by atoms with van der Waals surface area (Å²) in [5, 5.41) is 14.5. The lowest BCUT2D eigenvalue weighted by Gasteiger charge is -2.29. The van der Waals surface area contributed by atoms with Gasteiger partial charge in [-0.15, -0.1) is 0 Å². The fraction of sp³-hybridized carbons (Fsp3) is 0.778. The van der Waals surface area contributed by atoms with Crippen LogP contribution in [0, 0.1) is 11.8 Å². The predicted molar refractivity (Wildman–Crippen MR) is 108 cm³/mol. The zero-order chi connectivity index (χ0) is 21.6. The van der Waals surface area contributed by atoms with Crippen molar-refractivity contribution < 1.29 is 24.3 Å². The lowest BCUT2D eigenvalue weighted by atomic mass is 9.99. The molecule has 28 heavy (non-hydrogen) atoms. The highest BCUT2D eigenvalue weighted by Gasteiger charge is 2.38. The van der Waals surface area contributed by atoms with E-state index in [9.17, 15) is 24.3 Å². The van der Waals surface area contributed by atoms with E-state index in [0.717, 1.165) is 0 Å². The maximum absolute atomic E-state index is 12.8. The fourth-order valence-corrected chi connectivity index (χ4v) is 3.29. The molecule has 0 aliphatic carbocycles. The number of nitrogens with one attached hydrogen (secondary N) is 2. The van der Waals surface area contributed by atoms with Crippen molar-refractivity contribution in [3.63, 3.8) is 0 Å². The number of amides is 3. The first-order valence-corrected chi connectivity index (χ1v) is 10.1. The number of hydrogen-bond donors (Lipinski definition) is 5. The highest BCUT2D eigenvalue weighted by atomic mass is 32.1. The van der Waals surface area contributed by atoms with Gasteiger partial charge in [0.2, 0.25) is 17.7 Å². The summed E-state index contributed by atoms with van der Waals surface area (Å²) < 4.78 is 0. The summed E-state index contributed by atoms with van der Waals surface area (Å²) in [7, 11) is 0. The molecule has 1 rings (SSSR count). The third-order valence-corrected chi connectivity index (χ3v) is 5.22. The summed E-state index contributed by atoms with van der Waals surface area (Å²) in [4.78, 5) is 50.6. The van der Waals surface area contributed by atoms with E-state index in [4.69, 9.17) is 5.73 Å². The lowest BCUT2D eigenvalue weighted by molar-refractivity contribution is -0.144. The normalized spacial score (nSPS) is 20.0. The molecule has 0 bridgehead atoms. The zero-order valence-corrected chi connectivity index (χ0v) is 17.7. The SMILES string of the molecule is CC(C)C(NC(=O)C(NC(=O)C1CCCN1C(=O)C(N)CS)C(C)C)C(=O)O. The van der Waals surface area contributed by atoms with Crippen molar-refractivity contribution in [3.8, 4) is 0 Å². The van der Waals surface area contributed by atoms with E-state index in [1.807, 2.05) is 0 Å². The molecule has 160 valence electrons. The molecule has 3 amide bonds. The van der Waals surface area contributed by atoms with Crippen LogP contribution in [0.5, 0.6) is 0 Å². The molecule has 1 aliphatic heterocycles. The average molecular weight is 417 g/mol. The van der Waals surface area contributed by atoms with Crippen molar-refractivity contribution >= 4 is 36.3 Å². The second-order valence-electron chi connectivity index (χ2n) is 7.78. The van der Waals surface area contributed by atoms with Gasteiger partial charge >= 0.3 is 5.97 Å². The molecular weight excluding hydrogens is 384 g/mol. The Hall–Kier alpha value is -1.81. The first-order valence-electron chi connectivity index (χ1n) is 9.51. The highest BCUT2D eigenvalue weighted by Crippen LogP contribution is 2.19.